The molecule has 0 radical (unpaired) electrons. The number of aromatic nitrogens is 2. The van der Waals surface area contributed by atoms with E-state index in [1.165, 1.54) is 12.1 Å². The maximum absolute atomic E-state index is 13.2. The summed E-state index contributed by atoms with van der Waals surface area (Å²) in [6, 6.07) is 9.52. The third-order valence-electron chi connectivity index (χ3n) is 4.77. The molecule has 2 aromatic carbocycles. The van der Waals surface area contributed by atoms with E-state index in [-0.39, 0.29) is 17.8 Å². The van der Waals surface area contributed by atoms with Gasteiger partial charge in [-0.1, -0.05) is 35.3 Å². The second-order valence-corrected chi connectivity index (χ2v) is 7.73. The summed E-state index contributed by atoms with van der Waals surface area (Å²) < 4.78 is 15.1. The van der Waals surface area contributed by atoms with E-state index < -0.39 is 6.04 Å². The van der Waals surface area contributed by atoms with Crippen molar-refractivity contribution in [1.82, 2.24) is 14.9 Å². The first kappa shape index (κ1) is 18.3. The zero-order chi connectivity index (χ0) is 19.1. The average molecular weight is 406 g/mol. The van der Waals surface area contributed by atoms with Gasteiger partial charge in [-0.15, -0.1) is 0 Å². The van der Waals surface area contributed by atoms with Gasteiger partial charge in [-0.25, -0.2) is 9.37 Å². The van der Waals surface area contributed by atoms with Crippen LogP contribution in [0.25, 0.3) is 11.0 Å². The summed E-state index contributed by atoms with van der Waals surface area (Å²) in [4.78, 5) is 17.3. The highest BCUT2D eigenvalue weighted by molar-refractivity contribution is 6.42. The lowest BCUT2D eigenvalue weighted by atomic mass is 10.1. The zero-order valence-electron chi connectivity index (χ0n) is 14.7. The Morgan fingerprint density at radius 1 is 1.26 bits per heavy atom. The average Bonchev–Trinajstić information content (AvgIpc) is 3.38. The highest BCUT2D eigenvalue weighted by Crippen LogP contribution is 2.31. The lowest BCUT2D eigenvalue weighted by molar-refractivity contribution is -0.124. The van der Waals surface area contributed by atoms with Gasteiger partial charge in [-0.2, -0.15) is 0 Å². The molecule has 140 valence electrons. The van der Waals surface area contributed by atoms with Gasteiger partial charge in [0.25, 0.3) is 0 Å². The molecule has 1 atom stereocenters. The first-order valence-corrected chi connectivity index (χ1v) is 9.58. The number of carbonyl (C=O) groups is 1. The molecule has 1 fully saturated rings. The van der Waals surface area contributed by atoms with E-state index in [9.17, 15) is 9.18 Å². The molecule has 3 aromatic rings. The molecule has 1 aromatic heterocycles. The van der Waals surface area contributed by atoms with Crippen molar-refractivity contribution >= 4 is 40.1 Å². The van der Waals surface area contributed by atoms with Crippen LogP contribution in [0.15, 0.2) is 36.4 Å². The predicted molar refractivity (Wildman–Crippen MR) is 105 cm³/mol. The molecule has 4 rings (SSSR count). The molecule has 27 heavy (non-hydrogen) atoms. The summed E-state index contributed by atoms with van der Waals surface area (Å²) in [5.41, 5.74) is 2.33. The first-order valence-electron chi connectivity index (χ1n) is 8.83. The Balaban J connectivity index is 1.78. The fraction of sp³-hybridized carbons (Fsp3) is 0.300. The predicted octanol–water partition coefficient (Wildman–Crippen LogP) is 4.91. The quantitative estimate of drug-likeness (QED) is 0.655. The summed E-state index contributed by atoms with van der Waals surface area (Å²) in [6.07, 6.45) is 2.51. The van der Waals surface area contributed by atoms with Crippen LogP contribution in [-0.2, 0) is 11.2 Å². The number of benzene rings is 2. The third-order valence-corrected chi connectivity index (χ3v) is 5.49. The molecule has 7 heteroatoms. The van der Waals surface area contributed by atoms with E-state index in [2.05, 4.69) is 10.3 Å². The summed E-state index contributed by atoms with van der Waals surface area (Å²) in [7, 11) is 0. The summed E-state index contributed by atoms with van der Waals surface area (Å²) in [5.74, 6) is 0.361. The van der Waals surface area contributed by atoms with Crippen LogP contribution in [0.4, 0.5) is 4.39 Å². The topological polar surface area (TPSA) is 46.9 Å². The van der Waals surface area contributed by atoms with E-state index in [4.69, 9.17) is 23.2 Å². The molecule has 1 aliphatic rings. The Kier molecular flexibility index (Phi) is 4.82. The molecular formula is C20H18Cl2FN3O. The standard InChI is InChI=1S/C20H18Cl2FN3O/c1-11(20(27)24-14-6-7-14)26-18-10-16(22)15(21)9-17(18)25-19(26)8-12-2-4-13(23)5-3-12/h2-5,9-11,14H,6-8H2,1H3,(H,24,27). The van der Waals surface area contributed by atoms with Gasteiger partial charge in [0.2, 0.25) is 5.91 Å². The number of rotatable bonds is 5. The van der Waals surface area contributed by atoms with E-state index in [0.29, 0.717) is 27.8 Å². The number of halogens is 3. The normalized spacial score (nSPS) is 15.1. The molecule has 4 nitrogen and oxygen atoms in total. The Morgan fingerprint density at radius 2 is 1.93 bits per heavy atom. The maximum Gasteiger partial charge on any atom is 0.243 e. The number of nitrogens with one attached hydrogen (secondary N) is 1. The highest BCUT2D eigenvalue weighted by atomic mass is 35.5. The maximum atomic E-state index is 13.2. The van der Waals surface area contributed by atoms with Gasteiger partial charge in [0.05, 0.1) is 21.1 Å². The minimum atomic E-state index is -0.455. The minimum Gasteiger partial charge on any atom is -0.352 e. The van der Waals surface area contributed by atoms with E-state index >= 15 is 0 Å². The van der Waals surface area contributed by atoms with Gasteiger partial charge in [0.1, 0.15) is 17.7 Å². The molecule has 0 bridgehead atoms. The summed E-state index contributed by atoms with van der Waals surface area (Å²) >= 11 is 12.4. The monoisotopic (exact) mass is 405 g/mol. The number of nitrogens with zero attached hydrogens (tertiary/aromatic N) is 2. The summed E-state index contributed by atoms with van der Waals surface area (Å²) in [5, 5.41) is 3.86. The molecule has 0 spiro atoms. The van der Waals surface area contributed by atoms with Crippen LogP contribution in [-0.4, -0.2) is 21.5 Å². The summed E-state index contributed by atoms with van der Waals surface area (Å²) in [6.45, 7) is 1.84. The van der Waals surface area contributed by atoms with Crippen molar-refractivity contribution in [2.45, 2.75) is 38.3 Å². The lowest BCUT2D eigenvalue weighted by Crippen LogP contribution is -2.33. The Bertz CT molecular complexity index is 1010. The molecule has 1 amide bonds. The third kappa shape index (κ3) is 3.80. The van der Waals surface area contributed by atoms with Gasteiger partial charge in [0, 0.05) is 12.5 Å². The Hall–Kier alpha value is -2.11. The first-order chi connectivity index (χ1) is 12.9. The van der Waals surface area contributed by atoms with E-state index in [0.717, 1.165) is 23.9 Å². The van der Waals surface area contributed by atoms with Crippen molar-refractivity contribution in [2.75, 3.05) is 0 Å². The van der Waals surface area contributed by atoms with Crippen molar-refractivity contribution in [1.29, 1.82) is 0 Å². The van der Waals surface area contributed by atoms with Crippen LogP contribution in [0.5, 0.6) is 0 Å². The van der Waals surface area contributed by atoms with Crippen molar-refractivity contribution < 1.29 is 9.18 Å². The number of amides is 1. The van der Waals surface area contributed by atoms with Crippen LogP contribution >= 0.6 is 23.2 Å². The van der Waals surface area contributed by atoms with Crippen LogP contribution in [0.1, 0.15) is 37.2 Å². The molecule has 1 aliphatic carbocycles. The molecule has 0 aliphatic heterocycles. The molecule has 1 N–H and O–H groups in total. The second-order valence-electron chi connectivity index (χ2n) is 6.92. The fourth-order valence-electron chi connectivity index (χ4n) is 3.15. The number of hydrogen-bond acceptors (Lipinski definition) is 2. The highest BCUT2D eigenvalue weighted by Gasteiger charge is 2.28. The van der Waals surface area contributed by atoms with Gasteiger partial charge in [-0.05, 0) is 49.6 Å². The lowest BCUT2D eigenvalue weighted by Gasteiger charge is -2.18. The van der Waals surface area contributed by atoms with E-state index in [1.807, 2.05) is 11.5 Å². The molecule has 0 saturated heterocycles. The molecule has 1 unspecified atom stereocenters. The van der Waals surface area contributed by atoms with Crippen LogP contribution < -0.4 is 5.32 Å². The zero-order valence-corrected chi connectivity index (χ0v) is 16.2. The van der Waals surface area contributed by atoms with Gasteiger partial charge >= 0.3 is 0 Å². The van der Waals surface area contributed by atoms with Crippen LogP contribution in [0.3, 0.4) is 0 Å². The SMILES string of the molecule is CC(C(=O)NC1CC1)n1c(Cc2ccc(F)cc2)nc2cc(Cl)c(Cl)cc21. The van der Waals surface area contributed by atoms with Gasteiger partial charge in [-0.3, -0.25) is 4.79 Å². The number of carbonyl (C=O) groups excluding carboxylic acids is 1. The van der Waals surface area contributed by atoms with Crippen LogP contribution in [0.2, 0.25) is 10.0 Å². The van der Waals surface area contributed by atoms with Crippen molar-refractivity contribution in [3.05, 3.63) is 63.6 Å². The van der Waals surface area contributed by atoms with E-state index in [1.54, 1.807) is 24.3 Å². The molecular weight excluding hydrogens is 388 g/mol. The Morgan fingerprint density at radius 3 is 2.59 bits per heavy atom. The van der Waals surface area contributed by atoms with Crippen molar-refractivity contribution in [3.63, 3.8) is 0 Å². The van der Waals surface area contributed by atoms with Gasteiger partial charge < -0.3 is 9.88 Å². The molecule has 1 saturated carbocycles. The second kappa shape index (κ2) is 7.13. The van der Waals surface area contributed by atoms with Gasteiger partial charge in [0.15, 0.2) is 0 Å². The number of fused-ring (bicyclic) bond motifs is 1. The smallest absolute Gasteiger partial charge is 0.243 e. The fourth-order valence-corrected chi connectivity index (χ4v) is 3.46. The van der Waals surface area contributed by atoms with Crippen LogP contribution in [0, 0.1) is 5.82 Å². The largest absolute Gasteiger partial charge is 0.352 e. The minimum absolute atomic E-state index is 0.0526. The van der Waals surface area contributed by atoms with Crippen molar-refractivity contribution in [2.24, 2.45) is 0 Å². The number of imidazole rings is 1. The Labute approximate surface area is 166 Å². The number of hydrogen-bond donors (Lipinski definition) is 1. The molecule has 1 heterocycles. The van der Waals surface area contributed by atoms with Crippen molar-refractivity contribution in [3.8, 4) is 0 Å².